The molecule has 0 bridgehead atoms. The van der Waals surface area contributed by atoms with Gasteiger partial charge in [-0.2, -0.15) is 11.8 Å². The van der Waals surface area contributed by atoms with Crippen molar-refractivity contribution in [1.82, 2.24) is 5.32 Å². The third-order valence-corrected chi connectivity index (χ3v) is 4.39. The highest BCUT2D eigenvalue weighted by atomic mass is 35.5. The van der Waals surface area contributed by atoms with Crippen molar-refractivity contribution in [2.24, 2.45) is 0 Å². The van der Waals surface area contributed by atoms with Crippen LogP contribution in [0.1, 0.15) is 39.3 Å². The molecule has 4 heteroatoms. The van der Waals surface area contributed by atoms with Crippen molar-refractivity contribution in [1.29, 1.82) is 0 Å². The van der Waals surface area contributed by atoms with Gasteiger partial charge in [0.2, 0.25) is 0 Å². The molecule has 108 valence electrons. The molecule has 0 aliphatic carbocycles. The summed E-state index contributed by atoms with van der Waals surface area (Å²) in [4.78, 5) is 0. The largest absolute Gasteiger partial charge is 0.495 e. The first kappa shape index (κ1) is 16.7. The number of hydrogen-bond donors (Lipinski definition) is 1. The number of rotatable bonds is 6. The van der Waals surface area contributed by atoms with Gasteiger partial charge in [0.1, 0.15) is 5.75 Å². The molecule has 0 saturated heterocycles. The molecule has 0 aliphatic rings. The Balaban J connectivity index is 2.86. The number of thioether (sulfide) groups is 1. The second kappa shape index (κ2) is 7.41. The monoisotopic (exact) mass is 301 g/mol. The van der Waals surface area contributed by atoms with Crippen LogP contribution >= 0.6 is 23.4 Å². The second-order valence-corrected chi connectivity index (χ2v) is 7.68. The first-order valence-corrected chi connectivity index (χ1v) is 7.94. The molecule has 0 amide bonds. The normalized spacial score (nSPS) is 13.4. The van der Waals surface area contributed by atoms with Gasteiger partial charge in [0.25, 0.3) is 0 Å². The third kappa shape index (κ3) is 5.64. The van der Waals surface area contributed by atoms with Crippen molar-refractivity contribution >= 4 is 23.4 Å². The summed E-state index contributed by atoms with van der Waals surface area (Å²) in [7, 11) is 1.65. The van der Waals surface area contributed by atoms with Crippen molar-refractivity contribution in [3.63, 3.8) is 0 Å². The van der Waals surface area contributed by atoms with Crippen molar-refractivity contribution < 1.29 is 4.74 Å². The lowest BCUT2D eigenvalue weighted by Crippen LogP contribution is -2.25. The maximum atomic E-state index is 6.08. The van der Waals surface area contributed by atoms with Gasteiger partial charge in [-0.25, -0.2) is 0 Å². The first-order chi connectivity index (χ1) is 8.87. The van der Waals surface area contributed by atoms with Crippen LogP contribution in [0.5, 0.6) is 5.75 Å². The number of nitrogens with one attached hydrogen (secondary N) is 1. The molecule has 0 fully saturated rings. The Labute approximate surface area is 126 Å². The summed E-state index contributed by atoms with van der Waals surface area (Å²) in [5, 5.41) is 4.18. The second-order valence-electron chi connectivity index (χ2n) is 5.43. The summed E-state index contributed by atoms with van der Waals surface area (Å²) in [5.74, 6) is 1.77. The standard InChI is InChI=1S/C15H24ClNOS/c1-6-17-13(10-19-15(2,3)4)11-7-8-12(16)14(9-11)18-5/h7-9,13,17H,6,10H2,1-5H3. The average Bonchev–Trinajstić information content (AvgIpc) is 2.34. The Morgan fingerprint density at radius 2 is 2.05 bits per heavy atom. The van der Waals surface area contributed by atoms with E-state index in [2.05, 4.69) is 39.1 Å². The SMILES string of the molecule is CCNC(CSC(C)(C)C)c1ccc(Cl)c(OC)c1. The van der Waals surface area contributed by atoms with Crippen LogP contribution in [-0.4, -0.2) is 24.2 Å². The summed E-state index contributed by atoms with van der Waals surface area (Å²) < 4.78 is 5.56. The van der Waals surface area contributed by atoms with Crippen LogP contribution in [-0.2, 0) is 0 Å². The van der Waals surface area contributed by atoms with Crippen molar-refractivity contribution in [3.05, 3.63) is 28.8 Å². The van der Waals surface area contributed by atoms with Gasteiger partial charge in [0.05, 0.1) is 12.1 Å². The lowest BCUT2D eigenvalue weighted by molar-refractivity contribution is 0.413. The molecule has 1 aromatic rings. The minimum absolute atomic E-state index is 0.268. The first-order valence-electron chi connectivity index (χ1n) is 6.58. The zero-order chi connectivity index (χ0) is 14.5. The lowest BCUT2D eigenvalue weighted by Gasteiger charge is -2.24. The fourth-order valence-electron chi connectivity index (χ4n) is 1.75. The van der Waals surface area contributed by atoms with E-state index in [0.717, 1.165) is 18.0 Å². The molecule has 0 spiro atoms. The van der Waals surface area contributed by atoms with E-state index in [1.54, 1.807) is 7.11 Å². The van der Waals surface area contributed by atoms with Gasteiger partial charge < -0.3 is 10.1 Å². The third-order valence-electron chi connectivity index (χ3n) is 2.71. The Morgan fingerprint density at radius 3 is 2.58 bits per heavy atom. The molecule has 1 aromatic carbocycles. The van der Waals surface area contributed by atoms with Gasteiger partial charge in [-0.15, -0.1) is 0 Å². The van der Waals surface area contributed by atoms with Crippen molar-refractivity contribution in [2.45, 2.75) is 38.5 Å². The van der Waals surface area contributed by atoms with E-state index in [4.69, 9.17) is 16.3 Å². The van der Waals surface area contributed by atoms with Crippen LogP contribution in [0.15, 0.2) is 18.2 Å². The highest BCUT2D eigenvalue weighted by Crippen LogP contribution is 2.32. The molecule has 0 aliphatic heterocycles. The summed E-state index contributed by atoms with van der Waals surface area (Å²) >= 11 is 8.03. The van der Waals surface area contributed by atoms with E-state index in [1.165, 1.54) is 5.56 Å². The summed E-state index contributed by atoms with van der Waals surface area (Å²) in [6.07, 6.45) is 0. The fourth-order valence-corrected chi connectivity index (χ4v) is 2.92. The number of benzene rings is 1. The van der Waals surface area contributed by atoms with Gasteiger partial charge in [-0.05, 0) is 24.2 Å². The summed E-state index contributed by atoms with van der Waals surface area (Å²) in [6, 6.07) is 6.32. The molecule has 2 nitrogen and oxygen atoms in total. The van der Waals surface area contributed by atoms with E-state index in [9.17, 15) is 0 Å². The molecule has 1 unspecified atom stereocenters. The highest BCUT2D eigenvalue weighted by Gasteiger charge is 2.17. The topological polar surface area (TPSA) is 21.3 Å². The van der Waals surface area contributed by atoms with Gasteiger partial charge >= 0.3 is 0 Å². The quantitative estimate of drug-likeness (QED) is 0.834. The Morgan fingerprint density at radius 1 is 1.37 bits per heavy atom. The van der Waals surface area contributed by atoms with E-state index < -0.39 is 0 Å². The fraction of sp³-hybridized carbons (Fsp3) is 0.600. The van der Waals surface area contributed by atoms with Crippen LogP contribution in [0.2, 0.25) is 5.02 Å². The van der Waals surface area contributed by atoms with Gasteiger partial charge in [0, 0.05) is 16.5 Å². The van der Waals surface area contributed by atoms with Gasteiger partial charge in [0.15, 0.2) is 0 Å². The lowest BCUT2D eigenvalue weighted by atomic mass is 10.1. The van der Waals surface area contributed by atoms with E-state index in [1.807, 2.05) is 23.9 Å². The number of ether oxygens (including phenoxy) is 1. The van der Waals surface area contributed by atoms with Crippen LogP contribution in [0.4, 0.5) is 0 Å². The molecule has 1 N–H and O–H groups in total. The number of halogens is 1. The Bertz CT molecular complexity index is 404. The van der Waals surface area contributed by atoms with Crippen LogP contribution in [0.25, 0.3) is 0 Å². The molecular weight excluding hydrogens is 278 g/mol. The minimum atomic E-state index is 0.268. The number of methoxy groups -OCH3 is 1. The predicted molar refractivity (Wildman–Crippen MR) is 86.6 cm³/mol. The average molecular weight is 302 g/mol. The van der Waals surface area contributed by atoms with Crippen LogP contribution < -0.4 is 10.1 Å². The number of hydrogen-bond acceptors (Lipinski definition) is 3. The molecule has 19 heavy (non-hydrogen) atoms. The molecule has 1 atom stereocenters. The van der Waals surface area contributed by atoms with Crippen molar-refractivity contribution in [3.8, 4) is 5.75 Å². The van der Waals surface area contributed by atoms with Crippen LogP contribution in [0.3, 0.4) is 0 Å². The summed E-state index contributed by atoms with van der Waals surface area (Å²) in [6.45, 7) is 9.79. The smallest absolute Gasteiger partial charge is 0.137 e. The molecular formula is C15H24ClNOS. The molecule has 1 rings (SSSR count). The predicted octanol–water partition coefficient (Wildman–Crippen LogP) is 4.53. The minimum Gasteiger partial charge on any atom is -0.495 e. The maximum absolute atomic E-state index is 6.08. The zero-order valence-electron chi connectivity index (χ0n) is 12.4. The van der Waals surface area contributed by atoms with Gasteiger partial charge in [-0.3, -0.25) is 0 Å². The summed E-state index contributed by atoms with van der Waals surface area (Å²) in [5.41, 5.74) is 1.22. The van der Waals surface area contributed by atoms with Gasteiger partial charge in [-0.1, -0.05) is 45.4 Å². The molecule has 0 saturated carbocycles. The maximum Gasteiger partial charge on any atom is 0.137 e. The van der Waals surface area contributed by atoms with E-state index >= 15 is 0 Å². The Kier molecular flexibility index (Phi) is 6.51. The molecule has 0 heterocycles. The van der Waals surface area contributed by atoms with Crippen LogP contribution in [0, 0.1) is 0 Å². The molecule has 0 aromatic heterocycles. The Hall–Kier alpha value is -0.380. The highest BCUT2D eigenvalue weighted by molar-refractivity contribution is 8.00. The zero-order valence-corrected chi connectivity index (χ0v) is 14.0. The van der Waals surface area contributed by atoms with E-state index in [0.29, 0.717) is 11.1 Å². The van der Waals surface area contributed by atoms with Crippen molar-refractivity contribution in [2.75, 3.05) is 19.4 Å². The molecule has 0 radical (unpaired) electrons. The van der Waals surface area contributed by atoms with E-state index in [-0.39, 0.29) is 4.75 Å².